The summed E-state index contributed by atoms with van der Waals surface area (Å²) in [5, 5.41) is 0. The van der Waals surface area contributed by atoms with Crippen LogP contribution in [0.15, 0.2) is 30.3 Å². The van der Waals surface area contributed by atoms with E-state index in [1.165, 1.54) is 5.56 Å². The Kier molecular flexibility index (Phi) is 12.2. The summed E-state index contributed by atoms with van der Waals surface area (Å²) in [5.41, 5.74) is 1.22. The lowest BCUT2D eigenvalue weighted by Gasteiger charge is -2.15. The van der Waals surface area contributed by atoms with Gasteiger partial charge >= 0.3 is 11.9 Å². The van der Waals surface area contributed by atoms with Gasteiger partial charge in [0.1, 0.15) is 0 Å². The van der Waals surface area contributed by atoms with E-state index in [2.05, 4.69) is 26.0 Å². The lowest BCUT2D eigenvalue weighted by atomic mass is 10.0. The highest BCUT2D eigenvalue weighted by Crippen LogP contribution is 2.15. The maximum absolute atomic E-state index is 12.4. The second-order valence-corrected chi connectivity index (χ2v) is 6.68. The van der Waals surface area contributed by atoms with Gasteiger partial charge in [-0.2, -0.15) is 0 Å². The molecule has 0 saturated heterocycles. The van der Waals surface area contributed by atoms with Gasteiger partial charge in [-0.05, 0) is 31.2 Å². The second kappa shape index (κ2) is 14.3. The Hall–Kier alpha value is -1.84. The van der Waals surface area contributed by atoms with Gasteiger partial charge in [-0.3, -0.25) is 9.59 Å². The first kappa shape index (κ1) is 22.2. The van der Waals surface area contributed by atoms with Crippen molar-refractivity contribution in [2.45, 2.75) is 71.6 Å². The van der Waals surface area contributed by atoms with Gasteiger partial charge in [0.25, 0.3) is 0 Å². The maximum Gasteiger partial charge on any atom is 0.320 e. The summed E-state index contributed by atoms with van der Waals surface area (Å²) in [6, 6.07) is 10.1. The molecule has 0 aliphatic carbocycles. The molecule has 0 spiro atoms. The summed E-state index contributed by atoms with van der Waals surface area (Å²) in [6.07, 6.45) is 7.95. The fourth-order valence-electron chi connectivity index (χ4n) is 2.75. The lowest BCUT2D eigenvalue weighted by molar-refractivity contribution is -0.162. The zero-order valence-electron chi connectivity index (χ0n) is 16.4. The van der Waals surface area contributed by atoms with Crippen molar-refractivity contribution < 1.29 is 19.1 Å². The zero-order chi connectivity index (χ0) is 19.0. The number of esters is 2. The van der Waals surface area contributed by atoms with E-state index in [1.807, 2.05) is 18.2 Å². The Morgan fingerprint density at radius 3 is 2.00 bits per heavy atom. The highest BCUT2D eigenvalue weighted by atomic mass is 16.6. The molecule has 0 aliphatic rings. The van der Waals surface area contributed by atoms with Crippen LogP contribution < -0.4 is 0 Å². The molecule has 26 heavy (non-hydrogen) atoms. The first-order chi connectivity index (χ1) is 12.7. The molecule has 146 valence electrons. The first-order valence-electron chi connectivity index (χ1n) is 10.1. The van der Waals surface area contributed by atoms with E-state index in [4.69, 9.17) is 9.47 Å². The molecule has 1 rings (SSSR count). The molecule has 0 radical (unpaired) electrons. The fourth-order valence-corrected chi connectivity index (χ4v) is 2.75. The molecule has 0 N–H and O–H groups in total. The molecule has 0 saturated carbocycles. The highest BCUT2D eigenvalue weighted by Gasteiger charge is 2.29. The summed E-state index contributed by atoms with van der Waals surface area (Å²) in [4.78, 5) is 24.6. The largest absolute Gasteiger partial charge is 0.465 e. The number of benzene rings is 1. The monoisotopic (exact) mass is 362 g/mol. The molecule has 0 fully saturated rings. The van der Waals surface area contributed by atoms with Gasteiger partial charge in [-0.15, -0.1) is 0 Å². The van der Waals surface area contributed by atoms with Gasteiger partial charge in [0.2, 0.25) is 0 Å². The molecule has 0 aliphatic heterocycles. The molecule has 1 aromatic rings. The van der Waals surface area contributed by atoms with Crippen LogP contribution in [0.4, 0.5) is 0 Å². The molecule has 0 aromatic heterocycles. The molecule has 0 bridgehead atoms. The van der Waals surface area contributed by atoms with E-state index in [9.17, 15) is 9.59 Å². The number of unbranched alkanes of at least 4 members (excludes halogenated alkanes) is 4. The van der Waals surface area contributed by atoms with E-state index in [-0.39, 0.29) is 0 Å². The summed E-state index contributed by atoms with van der Waals surface area (Å²) in [6.45, 7) is 4.92. The number of hydrogen-bond acceptors (Lipinski definition) is 4. The van der Waals surface area contributed by atoms with Crippen LogP contribution in [0.1, 0.15) is 70.8 Å². The highest BCUT2D eigenvalue weighted by molar-refractivity contribution is 5.94. The third-order valence-corrected chi connectivity index (χ3v) is 4.35. The van der Waals surface area contributed by atoms with Crippen molar-refractivity contribution in [3.8, 4) is 0 Å². The number of ether oxygens (including phenoxy) is 2. The van der Waals surface area contributed by atoms with Gasteiger partial charge in [0.15, 0.2) is 5.92 Å². The van der Waals surface area contributed by atoms with E-state index < -0.39 is 17.9 Å². The molecule has 1 atom stereocenters. The van der Waals surface area contributed by atoms with Crippen molar-refractivity contribution in [1.29, 1.82) is 0 Å². The Balaban J connectivity index is 2.39. The molecular weight excluding hydrogens is 328 g/mol. The van der Waals surface area contributed by atoms with Crippen molar-refractivity contribution in [2.75, 3.05) is 13.2 Å². The van der Waals surface area contributed by atoms with Crippen LogP contribution in [0, 0.1) is 5.92 Å². The summed E-state index contributed by atoms with van der Waals surface area (Å²) in [5.74, 6) is -1.64. The quantitative estimate of drug-likeness (QED) is 0.263. The van der Waals surface area contributed by atoms with Crippen molar-refractivity contribution in [3.63, 3.8) is 0 Å². The van der Waals surface area contributed by atoms with Crippen LogP contribution in [0.2, 0.25) is 0 Å². The molecule has 0 heterocycles. The average Bonchev–Trinajstić information content (AvgIpc) is 2.66. The Morgan fingerprint density at radius 2 is 1.38 bits per heavy atom. The minimum atomic E-state index is -0.778. The van der Waals surface area contributed by atoms with Crippen LogP contribution in [0.5, 0.6) is 0 Å². The third-order valence-electron chi connectivity index (χ3n) is 4.35. The van der Waals surface area contributed by atoms with E-state index >= 15 is 0 Å². The SMILES string of the molecule is CCCCCOC(=O)C(CCCCC)C(=O)OCCCc1ccccc1. The minimum Gasteiger partial charge on any atom is -0.465 e. The smallest absolute Gasteiger partial charge is 0.320 e. The summed E-state index contributed by atoms with van der Waals surface area (Å²) >= 11 is 0. The molecular formula is C22H34O4. The second-order valence-electron chi connectivity index (χ2n) is 6.68. The van der Waals surface area contributed by atoms with Crippen molar-refractivity contribution in [3.05, 3.63) is 35.9 Å². The van der Waals surface area contributed by atoms with Gasteiger partial charge in [0, 0.05) is 0 Å². The Morgan fingerprint density at radius 1 is 0.808 bits per heavy atom. The van der Waals surface area contributed by atoms with Gasteiger partial charge < -0.3 is 9.47 Å². The molecule has 1 unspecified atom stereocenters. The fraction of sp³-hybridized carbons (Fsp3) is 0.636. The van der Waals surface area contributed by atoms with Crippen molar-refractivity contribution >= 4 is 11.9 Å². The van der Waals surface area contributed by atoms with Crippen LogP contribution in [-0.4, -0.2) is 25.2 Å². The van der Waals surface area contributed by atoms with E-state index in [0.29, 0.717) is 19.6 Å². The predicted molar refractivity (Wildman–Crippen MR) is 104 cm³/mol. The number of carbonyl (C=O) groups is 2. The predicted octanol–water partition coefficient (Wildman–Crippen LogP) is 5.09. The van der Waals surface area contributed by atoms with Gasteiger partial charge in [-0.25, -0.2) is 0 Å². The van der Waals surface area contributed by atoms with Crippen LogP contribution in [-0.2, 0) is 25.5 Å². The molecule has 0 amide bonds. The average molecular weight is 363 g/mol. The van der Waals surface area contributed by atoms with E-state index in [1.54, 1.807) is 0 Å². The molecule has 4 nitrogen and oxygen atoms in total. The number of aryl methyl sites for hydroxylation is 1. The number of rotatable bonds is 14. The van der Waals surface area contributed by atoms with Crippen LogP contribution >= 0.6 is 0 Å². The van der Waals surface area contributed by atoms with Crippen LogP contribution in [0.25, 0.3) is 0 Å². The normalized spacial score (nSPS) is 11.8. The third kappa shape index (κ3) is 9.59. The van der Waals surface area contributed by atoms with Gasteiger partial charge in [0.05, 0.1) is 13.2 Å². The minimum absolute atomic E-state index is 0.334. The first-order valence-corrected chi connectivity index (χ1v) is 10.1. The van der Waals surface area contributed by atoms with Crippen molar-refractivity contribution in [1.82, 2.24) is 0 Å². The maximum atomic E-state index is 12.4. The lowest BCUT2D eigenvalue weighted by Crippen LogP contribution is -2.28. The number of carbonyl (C=O) groups excluding carboxylic acids is 2. The van der Waals surface area contributed by atoms with Crippen LogP contribution in [0.3, 0.4) is 0 Å². The molecule has 4 heteroatoms. The Bertz CT molecular complexity index is 498. The summed E-state index contributed by atoms with van der Waals surface area (Å²) in [7, 11) is 0. The topological polar surface area (TPSA) is 52.6 Å². The van der Waals surface area contributed by atoms with E-state index in [0.717, 1.165) is 51.4 Å². The number of hydrogen-bond donors (Lipinski definition) is 0. The Labute approximate surface area is 158 Å². The molecule has 1 aromatic carbocycles. The van der Waals surface area contributed by atoms with Gasteiger partial charge in [-0.1, -0.05) is 76.3 Å². The summed E-state index contributed by atoms with van der Waals surface area (Å²) < 4.78 is 10.7. The standard InChI is InChI=1S/C22H34O4/c1-3-5-8-16-20(21(23)25-17-11-6-4-2)22(24)26-18-12-15-19-13-9-7-10-14-19/h7,9-10,13-14,20H,3-6,8,11-12,15-18H2,1-2H3. The zero-order valence-corrected chi connectivity index (χ0v) is 16.4. The van der Waals surface area contributed by atoms with Crippen molar-refractivity contribution in [2.24, 2.45) is 5.92 Å².